The predicted molar refractivity (Wildman–Crippen MR) is 112 cm³/mol. The van der Waals surface area contributed by atoms with Gasteiger partial charge in [-0.2, -0.15) is 0 Å². The number of nitrogens with zero attached hydrogens (tertiary/aromatic N) is 1. The predicted octanol–water partition coefficient (Wildman–Crippen LogP) is 6.47. The van der Waals surface area contributed by atoms with Crippen LogP contribution < -0.4 is 0 Å². The maximum absolute atomic E-state index is 12.5. The van der Waals surface area contributed by atoms with E-state index < -0.39 is 0 Å². The van der Waals surface area contributed by atoms with Crippen LogP contribution in [-0.4, -0.2) is 17.1 Å². The zero-order valence-electron chi connectivity index (χ0n) is 16.0. The van der Waals surface area contributed by atoms with E-state index in [9.17, 15) is 4.79 Å². The lowest BCUT2D eigenvalue weighted by molar-refractivity contribution is 0.0515. The third-order valence-electron chi connectivity index (χ3n) is 4.58. The van der Waals surface area contributed by atoms with E-state index >= 15 is 0 Å². The number of fused-ring (bicyclic) bond motifs is 1. The van der Waals surface area contributed by atoms with Crippen molar-refractivity contribution in [2.75, 3.05) is 6.61 Å². The molecule has 3 nitrogen and oxygen atoms in total. The lowest BCUT2D eigenvalue weighted by Gasteiger charge is -2.19. The highest BCUT2D eigenvalue weighted by Crippen LogP contribution is 2.30. The summed E-state index contributed by atoms with van der Waals surface area (Å²) in [5.74, 6) is -0.328. The number of benzene rings is 2. The van der Waals surface area contributed by atoms with Crippen molar-refractivity contribution in [3.8, 4) is 0 Å². The highest BCUT2D eigenvalue weighted by Gasteiger charge is 2.20. The first-order chi connectivity index (χ1) is 12.7. The van der Waals surface area contributed by atoms with Crippen molar-refractivity contribution in [3.63, 3.8) is 0 Å². The molecule has 0 fully saturated rings. The summed E-state index contributed by atoms with van der Waals surface area (Å²) in [7, 11) is 0. The molecule has 1 aromatic heterocycles. The zero-order chi connectivity index (χ0) is 19.8. The molecule has 0 aliphatic heterocycles. The van der Waals surface area contributed by atoms with E-state index in [0.717, 1.165) is 16.5 Å². The highest BCUT2D eigenvalue weighted by molar-refractivity contribution is 6.42. The molecule has 0 aliphatic rings. The Morgan fingerprint density at radius 3 is 2.41 bits per heavy atom. The second-order valence-electron chi connectivity index (χ2n) is 7.61. The number of hydrogen-bond acceptors (Lipinski definition) is 2. The minimum Gasteiger partial charge on any atom is -0.461 e. The monoisotopic (exact) mass is 403 g/mol. The summed E-state index contributed by atoms with van der Waals surface area (Å²) < 4.78 is 7.24. The summed E-state index contributed by atoms with van der Waals surface area (Å²) in [5, 5.41) is 2.03. The van der Waals surface area contributed by atoms with Gasteiger partial charge in [-0.1, -0.05) is 56.1 Å². The molecule has 27 heavy (non-hydrogen) atoms. The first-order valence-electron chi connectivity index (χ1n) is 8.95. The smallest absolute Gasteiger partial charge is 0.354 e. The van der Waals surface area contributed by atoms with Crippen LogP contribution in [0.4, 0.5) is 0 Å². The second-order valence-corrected chi connectivity index (χ2v) is 8.42. The van der Waals surface area contributed by atoms with Crippen molar-refractivity contribution >= 4 is 40.1 Å². The number of carbonyl (C=O) groups excluding carboxylic acids is 1. The highest BCUT2D eigenvalue weighted by atomic mass is 35.5. The summed E-state index contributed by atoms with van der Waals surface area (Å²) in [4.78, 5) is 12.5. The maximum atomic E-state index is 12.5. The summed E-state index contributed by atoms with van der Waals surface area (Å²) in [5.41, 5.74) is 3.73. The van der Waals surface area contributed by atoms with Gasteiger partial charge in [-0.25, -0.2) is 4.79 Å². The van der Waals surface area contributed by atoms with Gasteiger partial charge in [0.15, 0.2) is 0 Å². The Labute approximate surface area is 169 Å². The topological polar surface area (TPSA) is 31.2 Å². The molecule has 3 rings (SSSR count). The SMILES string of the molecule is CCOC(=O)c1cc2cc(C(C)(C)C)ccc2n1Cc1ccc(Cl)c(Cl)c1. The molecule has 0 spiro atoms. The summed E-state index contributed by atoms with van der Waals surface area (Å²) in [6.07, 6.45) is 0. The van der Waals surface area contributed by atoms with E-state index in [1.54, 1.807) is 6.07 Å². The molecule has 1 heterocycles. The second kappa shape index (κ2) is 7.57. The molecular weight excluding hydrogens is 381 g/mol. The Morgan fingerprint density at radius 1 is 1.04 bits per heavy atom. The van der Waals surface area contributed by atoms with Crippen molar-refractivity contribution in [2.45, 2.75) is 39.7 Å². The van der Waals surface area contributed by atoms with Gasteiger partial charge in [-0.15, -0.1) is 0 Å². The van der Waals surface area contributed by atoms with Gasteiger partial charge in [0.05, 0.1) is 16.7 Å². The molecule has 3 aromatic rings. The van der Waals surface area contributed by atoms with Crippen LogP contribution in [0.1, 0.15) is 49.3 Å². The molecule has 0 N–H and O–H groups in total. The molecule has 0 unspecified atom stereocenters. The Bertz CT molecular complexity index is 999. The Balaban J connectivity index is 2.13. The third kappa shape index (κ3) is 4.15. The number of hydrogen-bond donors (Lipinski definition) is 0. The Hall–Kier alpha value is -1.97. The number of aromatic nitrogens is 1. The Kier molecular flexibility index (Phi) is 5.55. The van der Waals surface area contributed by atoms with Crippen LogP contribution in [-0.2, 0) is 16.7 Å². The van der Waals surface area contributed by atoms with Crippen LogP contribution in [0.15, 0.2) is 42.5 Å². The minimum absolute atomic E-state index is 0.0318. The van der Waals surface area contributed by atoms with Gasteiger partial charge in [-0.3, -0.25) is 0 Å². The average molecular weight is 404 g/mol. The van der Waals surface area contributed by atoms with Gasteiger partial charge in [0, 0.05) is 17.4 Å². The molecule has 142 valence electrons. The molecule has 0 aliphatic carbocycles. The van der Waals surface area contributed by atoms with E-state index in [0.29, 0.717) is 28.9 Å². The maximum Gasteiger partial charge on any atom is 0.354 e. The van der Waals surface area contributed by atoms with Crippen molar-refractivity contribution in [1.82, 2.24) is 4.57 Å². The van der Waals surface area contributed by atoms with E-state index in [1.807, 2.05) is 29.7 Å². The van der Waals surface area contributed by atoms with E-state index in [4.69, 9.17) is 27.9 Å². The molecule has 0 amide bonds. The lowest BCUT2D eigenvalue weighted by atomic mass is 9.86. The fraction of sp³-hybridized carbons (Fsp3) is 0.318. The molecule has 0 saturated heterocycles. The summed E-state index contributed by atoms with van der Waals surface area (Å²) in [6, 6.07) is 13.7. The van der Waals surface area contributed by atoms with Crippen molar-refractivity contribution < 1.29 is 9.53 Å². The van der Waals surface area contributed by atoms with Gasteiger partial charge in [0.2, 0.25) is 0 Å². The summed E-state index contributed by atoms with van der Waals surface area (Å²) >= 11 is 12.2. The molecule has 0 radical (unpaired) electrons. The van der Waals surface area contributed by atoms with E-state index in [-0.39, 0.29) is 11.4 Å². The number of rotatable bonds is 4. The Morgan fingerprint density at radius 2 is 1.78 bits per heavy atom. The van der Waals surface area contributed by atoms with E-state index in [1.165, 1.54) is 5.56 Å². The molecule has 0 bridgehead atoms. The van der Waals surface area contributed by atoms with Crippen LogP contribution in [0.2, 0.25) is 10.0 Å². The lowest BCUT2D eigenvalue weighted by Crippen LogP contribution is -2.13. The van der Waals surface area contributed by atoms with Crippen molar-refractivity contribution in [3.05, 3.63) is 69.3 Å². The van der Waals surface area contributed by atoms with Crippen LogP contribution in [0.3, 0.4) is 0 Å². The minimum atomic E-state index is -0.328. The number of halogens is 2. The average Bonchev–Trinajstić information content (AvgIpc) is 2.95. The molecule has 5 heteroatoms. The fourth-order valence-corrected chi connectivity index (χ4v) is 3.42. The number of ether oxygens (including phenoxy) is 1. The van der Waals surface area contributed by atoms with Crippen LogP contribution in [0.25, 0.3) is 10.9 Å². The fourth-order valence-electron chi connectivity index (χ4n) is 3.10. The summed E-state index contributed by atoms with van der Waals surface area (Å²) in [6.45, 7) is 9.17. The number of carbonyl (C=O) groups is 1. The quantitative estimate of drug-likeness (QED) is 0.467. The standard InChI is InChI=1S/C22H23Cl2NO2/c1-5-27-21(26)20-12-15-11-16(22(2,3)4)7-9-19(15)25(20)13-14-6-8-17(23)18(24)10-14/h6-12H,5,13H2,1-4H3. The van der Waals surface area contributed by atoms with E-state index in [2.05, 4.69) is 39.0 Å². The van der Waals surface area contributed by atoms with Gasteiger partial charge >= 0.3 is 5.97 Å². The normalized spacial score (nSPS) is 11.8. The van der Waals surface area contributed by atoms with Crippen molar-refractivity contribution in [2.24, 2.45) is 0 Å². The molecule has 0 atom stereocenters. The first kappa shape index (κ1) is 19.8. The largest absolute Gasteiger partial charge is 0.461 e. The van der Waals surface area contributed by atoms with Gasteiger partial charge in [-0.05, 0) is 53.8 Å². The van der Waals surface area contributed by atoms with Crippen molar-refractivity contribution in [1.29, 1.82) is 0 Å². The van der Waals surface area contributed by atoms with Gasteiger partial charge in [0.25, 0.3) is 0 Å². The zero-order valence-corrected chi connectivity index (χ0v) is 17.5. The van der Waals surface area contributed by atoms with Crippen LogP contribution in [0.5, 0.6) is 0 Å². The molecular formula is C22H23Cl2NO2. The first-order valence-corrected chi connectivity index (χ1v) is 9.71. The van der Waals surface area contributed by atoms with Gasteiger partial charge < -0.3 is 9.30 Å². The van der Waals surface area contributed by atoms with Crippen LogP contribution >= 0.6 is 23.2 Å². The van der Waals surface area contributed by atoms with Crippen LogP contribution in [0, 0.1) is 0 Å². The number of esters is 1. The molecule has 0 saturated carbocycles. The van der Waals surface area contributed by atoms with Gasteiger partial charge in [0.1, 0.15) is 5.69 Å². The third-order valence-corrected chi connectivity index (χ3v) is 5.32. The molecule has 2 aromatic carbocycles.